The van der Waals surface area contributed by atoms with Crippen LogP contribution >= 0.6 is 10.6 Å². The van der Waals surface area contributed by atoms with Gasteiger partial charge in [-0.1, -0.05) is 37.0 Å². The molecule has 1 aliphatic rings. The lowest BCUT2D eigenvalue weighted by atomic mass is 10.2. The summed E-state index contributed by atoms with van der Waals surface area (Å²) < 4.78 is 7.53. The fourth-order valence-electron chi connectivity index (χ4n) is 1.23. The van der Waals surface area contributed by atoms with Gasteiger partial charge in [0.15, 0.2) is 10.6 Å². The van der Waals surface area contributed by atoms with Crippen molar-refractivity contribution in [2.24, 2.45) is 13.7 Å². The van der Waals surface area contributed by atoms with Gasteiger partial charge < -0.3 is 0 Å². The van der Waals surface area contributed by atoms with Gasteiger partial charge in [0.1, 0.15) is 0 Å². The average molecular weight is 239 g/mol. The molecule has 0 aliphatic heterocycles. The Labute approximate surface area is 93.4 Å². The molecule has 0 atom stereocenters. The Kier molecular flexibility index (Phi) is 4.01. The molecule has 0 aromatic rings. The zero-order valence-electron chi connectivity index (χ0n) is 8.28. The van der Waals surface area contributed by atoms with E-state index in [9.17, 15) is 14.7 Å². The van der Waals surface area contributed by atoms with Crippen molar-refractivity contribution in [1.82, 2.24) is 0 Å². The van der Waals surface area contributed by atoms with Crippen molar-refractivity contribution in [2.45, 2.75) is 6.42 Å². The van der Waals surface area contributed by atoms with Gasteiger partial charge >= 0.3 is 0 Å². The third-order valence-electron chi connectivity index (χ3n) is 1.96. The second-order valence-corrected chi connectivity index (χ2v) is 4.73. The first-order chi connectivity index (χ1) is 7.74. The molecule has 6 nitrogen and oxygen atoms in total. The smallest absolute Gasteiger partial charge is 0.135 e. The molecule has 0 heterocycles. The predicted molar refractivity (Wildman–Crippen MR) is 65.1 cm³/mol. The Morgan fingerprint density at radius 2 is 1.88 bits per heavy atom. The van der Waals surface area contributed by atoms with Crippen LogP contribution in [0.2, 0.25) is 0 Å². The maximum absolute atomic E-state index is 10.6. The topological polar surface area (TPSA) is 88.3 Å². The highest BCUT2D eigenvalue weighted by molar-refractivity contribution is 8.33. The Balaban J connectivity index is 3.33. The van der Waals surface area contributed by atoms with E-state index in [-0.39, 0.29) is 4.91 Å². The minimum atomic E-state index is -3.41. The van der Waals surface area contributed by atoms with Crippen LogP contribution in [-0.2, 0) is 0 Å². The summed E-state index contributed by atoms with van der Waals surface area (Å²) in [6.07, 6.45) is 8.57. The Morgan fingerprint density at radius 1 is 1.25 bits per heavy atom. The number of rotatable bonds is 5. The van der Waals surface area contributed by atoms with E-state index in [1.165, 1.54) is 12.2 Å². The van der Waals surface area contributed by atoms with Crippen molar-refractivity contribution in [1.29, 1.82) is 0 Å². The van der Waals surface area contributed by atoms with E-state index in [2.05, 4.69) is 20.3 Å². The second-order valence-electron chi connectivity index (χ2n) is 2.80. The van der Waals surface area contributed by atoms with Gasteiger partial charge in [0.25, 0.3) is 0 Å². The summed E-state index contributed by atoms with van der Waals surface area (Å²) >= 11 is 0. The van der Waals surface area contributed by atoms with E-state index in [4.69, 9.17) is 0 Å². The van der Waals surface area contributed by atoms with Crippen LogP contribution in [0.4, 0.5) is 0 Å². The van der Waals surface area contributed by atoms with E-state index < -0.39 is 10.6 Å². The molecule has 0 N–H and O–H groups in total. The van der Waals surface area contributed by atoms with Gasteiger partial charge in [-0.2, -0.15) is 0 Å². The lowest BCUT2D eigenvalue weighted by Gasteiger charge is -2.17. The summed E-state index contributed by atoms with van der Waals surface area (Å²) in [5.74, 6) is 0. The largest absolute Gasteiger partial charge is 0.197 e. The maximum atomic E-state index is 10.6. The normalized spacial score (nSPS) is 16.5. The van der Waals surface area contributed by atoms with Crippen LogP contribution in [-0.4, -0.2) is 0 Å². The van der Waals surface area contributed by atoms with Gasteiger partial charge in [-0.05, 0) is 12.0 Å². The van der Waals surface area contributed by atoms with Crippen molar-refractivity contribution < 1.29 is 0 Å². The second kappa shape index (κ2) is 5.26. The van der Waals surface area contributed by atoms with Crippen LogP contribution in [0.25, 0.3) is 0 Å². The fraction of sp³-hybridized carbons (Fsp3) is 0.111. The van der Waals surface area contributed by atoms with Crippen LogP contribution in [0.5, 0.6) is 0 Å². The highest BCUT2D eigenvalue weighted by atomic mass is 32.3. The third kappa shape index (κ3) is 2.03. The van der Waals surface area contributed by atoms with Crippen molar-refractivity contribution in [3.63, 3.8) is 0 Å². The Hall–Kier alpha value is -1.89. The van der Waals surface area contributed by atoms with Crippen LogP contribution in [0.15, 0.2) is 61.2 Å². The van der Waals surface area contributed by atoms with Gasteiger partial charge in [-0.15, -0.1) is 14.7 Å². The van der Waals surface area contributed by atoms with Crippen molar-refractivity contribution in [3.8, 4) is 0 Å². The molecule has 0 unspecified atom stereocenters. The quantitative estimate of drug-likeness (QED) is 0.683. The van der Waals surface area contributed by atoms with Crippen molar-refractivity contribution >= 4 is 10.6 Å². The van der Waals surface area contributed by atoms with Crippen LogP contribution < -0.4 is 0 Å². The van der Waals surface area contributed by atoms with Crippen molar-refractivity contribution in [3.05, 3.63) is 62.2 Å². The standard InChI is InChI=1S/C9H9N3O3S/c1-2-8-6-4-3-5-7-9(8)16(10-13,11-14)12-15/h2-4,6-7H,1,5H2. The van der Waals surface area contributed by atoms with E-state index >= 15 is 0 Å². The van der Waals surface area contributed by atoms with E-state index in [0.717, 1.165) is 0 Å². The molecule has 1 rings (SSSR count). The van der Waals surface area contributed by atoms with Crippen molar-refractivity contribution in [2.75, 3.05) is 0 Å². The molecule has 1 aliphatic carbocycles. The highest BCUT2D eigenvalue weighted by Crippen LogP contribution is 2.61. The monoisotopic (exact) mass is 239 g/mol. The summed E-state index contributed by atoms with van der Waals surface area (Å²) in [5.41, 5.74) is 0.461. The number of allylic oxidation sites excluding steroid dienone is 6. The van der Waals surface area contributed by atoms with Gasteiger partial charge in [-0.3, -0.25) is 0 Å². The molecule has 0 saturated carbocycles. The summed E-state index contributed by atoms with van der Waals surface area (Å²) in [5, 5.41) is 0. The summed E-state index contributed by atoms with van der Waals surface area (Å²) in [6, 6.07) is 0. The molecule has 0 aromatic heterocycles. The molecule has 16 heavy (non-hydrogen) atoms. The molecule has 0 amide bonds. The molecule has 0 spiro atoms. The van der Waals surface area contributed by atoms with Gasteiger partial charge in [0, 0.05) is 13.7 Å². The zero-order chi connectivity index (χ0) is 12.0. The lowest BCUT2D eigenvalue weighted by molar-refractivity contribution is 1.38. The van der Waals surface area contributed by atoms with Gasteiger partial charge in [-0.25, -0.2) is 0 Å². The maximum Gasteiger partial charge on any atom is 0.197 e. The average Bonchev–Trinajstić information content (AvgIpc) is 2.58. The molecule has 0 fully saturated rings. The molecule has 84 valence electrons. The number of hydrogen-bond donors (Lipinski definition) is 0. The van der Waals surface area contributed by atoms with Crippen LogP contribution in [0, 0.1) is 14.7 Å². The van der Waals surface area contributed by atoms with Crippen LogP contribution in [0.1, 0.15) is 6.42 Å². The zero-order valence-corrected chi connectivity index (χ0v) is 9.09. The highest BCUT2D eigenvalue weighted by Gasteiger charge is 2.35. The first-order valence-corrected chi connectivity index (χ1v) is 5.81. The first kappa shape index (κ1) is 12.2. The minimum Gasteiger partial charge on any atom is -0.135 e. The van der Waals surface area contributed by atoms with E-state index in [0.29, 0.717) is 12.0 Å². The summed E-state index contributed by atoms with van der Waals surface area (Å²) in [4.78, 5) is 32.1. The SMILES string of the molecule is C=CC1=CC=CCC=C1S(N=O)(N=O)N=O. The third-order valence-corrected chi connectivity index (χ3v) is 3.58. The molecule has 0 bridgehead atoms. The van der Waals surface area contributed by atoms with Gasteiger partial charge in [0.05, 0.1) is 4.91 Å². The predicted octanol–water partition coefficient (Wildman–Crippen LogP) is 3.79. The fourth-order valence-corrected chi connectivity index (χ4v) is 2.34. The summed E-state index contributed by atoms with van der Waals surface area (Å²) in [7, 11) is -3.41. The summed E-state index contributed by atoms with van der Waals surface area (Å²) in [6.45, 7) is 3.53. The number of nitroso groups, excluding NO2 is 3. The number of hydrogen-bond acceptors (Lipinski definition) is 6. The molecule has 0 saturated heterocycles. The van der Waals surface area contributed by atoms with Gasteiger partial charge in [0.2, 0.25) is 0 Å². The van der Waals surface area contributed by atoms with E-state index in [1.807, 2.05) is 0 Å². The molecule has 0 radical (unpaired) electrons. The molecule has 7 heteroatoms. The lowest BCUT2D eigenvalue weighted by Crippen LogP contribution is -1.95. The van der Waals surface area contributed by atoms with E-state index in [1.54, 1.807) is 18.2 Å². The first-order valence-electron chi connectivity index (χ1n) is 4.31. The molecular formula is C9H9N3O3S. The molecule has 0 aromatic carbocycles. The Bertz CT molecular complexity index is 404. The van der Waals surface area contributed by atoms with Crippen LogP contribution in [0.3, 0.4) is 0 Å². The molecular weight excluding hydrogens is 230 g/mol. The Morgan fingerprint density at radius 3 is 2.38 bits per heavy atom. The number of nitrogens with zero attached hydrogens (tertiary/aromatic N) is 3. The minimum absolute atomic E-state index is 0.146.